The maximum absolute atomic E-state index is 13.1. The molecular weight excluding hydrogens is 1630 g/mol. The monoisotopic (exact) mass is 1820 g/mol. The Labute approximate surface area is 778 Å². The fourth-order valence-electron chi connectivity index (χ4n) is 14.6. The highest BCUT2D eigenvalue weighted by atomic mass is 31.2. The Morgan fingerprint density at radius 2 is 0.394 bits per heavy atom. The van der Waals surface area contributed by atoms with E-state index < -0.39 is 91.5 Å². The first-order chi connectivity index (χ1) is 62.2. The first kappa shape index (κ1) is 122. The molecule has 0 bridgehead atoms. The van der Waals surface area contributed by atoms with E-state index in [-0.39, 0.29) is 19.3 Å². The average Bonchev–Trinajstić information content (AvgIpc) is 0.899. The molecule has 0 amide bonds. The third-order valence-electron chi connectivity index (χ3n) is 22.5. The van der Waals surface area contributed by atoms with Crippen molar-refractivity contribution >= 4 is 33.6 Å². The second kappa shape index (κ2) is 100. The van der Waals surface area contributed by atoms with E-state index in [4.69, 9.17) is 32.3 Å². The van der Waals surface area contributed by atoms with Crippen LogP contribution in [-0.2, 0) is 55.8 Å². The molecule has 4 N–H and O–H groups in total. The van der Waals surface area contributed by atoms with Crippen LogP contribution in [0, 0.1) is 0 Å². The van der Waals surface area contributed by atoms with E-state index in [0.29, 0.717) is 19.3 Å². The number of aliphatic hydroxyl groups is 2. The van der Waals surface area contributed by atoms with Gasteiger partial charge in [0.1, 0.15) is 25.4 Å². The topological polar surface area (TPSA) is 231 Å². The highest BCUT2D eigenvalue weighted by Gasteiger charge is 2.30. The van der Waals surface area contributed by atoms with Gasteiger partial charge in [-0.2, -0.15) is 0 Å². The first-order valence-corrected chi connectivity index (χ1v) is 55.1. The molecule has 0 saturated carbocycles. The minimum absolute atomic E-state index is 0.0968. The van der Waals surface area contributed by atoms with Gasteiger partial charge in [0.15, 0.2) is 6.10 Å². The summed E-state index contributed by atoms with van der Waals surface area (Å²) < 4.78 is 61.7. The van der Waals surface area contributed by atoms with Gasteiger partial charge in [-0.15, -0.1) is 0 Å². The summed E-state index contributed by atoms with van der Waals surface area (Å²) in [5.74, 6) is -1.56. The molecule has 0 spiro atoms. The Bertz CT molecular complexity index is 2890. The van der Waals surface area contributed by atoms with Crippen LogP contribution in [0.3, 0.4) is 0 Å². The lowest BCUT2D eigenvalue weighted by Gasteiger charge is -2.21. The molecule has 0 aromatic carbocycles. The Morgan fingerprint density at radius 1 is 0.220 bits per heavy atom. The highest BCUT2D eigenvalue weighted by Crippen LogP contribution is 2.45. The standard InChI is InChI=1S/C109H192O16P2/c1-4-7-10-13-16-19-22-25-28-31-34-37-40-43-45-47-49-51-53-55-57-60-62-65-68-71-74-77-80-83-86-89-92-95-107(112)119-98-104(110)99-121-126(115,116)122-100-105(111)101-123-127(117,118)124-103-106(125-109(114)97-94-91-88-85-82-79-76-73-70-67-64-59-42-39-36-33-30-27-24-21-18-15-12-9-6-3)102-120-108(113)96-93-90-87-84-81-78-75-72-69-66-63-61-58-56-54-52-50-48-46-44-41-38-35-32-29-26-23-20-17-14-11-8-5-2/h16-21,25-30,34-39,43-46,59,64,104-106,110-111H,4-15,22-24,31-33,40-42,47-58,60-63,65-103H2,1-3H3,(H,115,116)(H,117,118)/b19-16-,20-17-,21-18-,28-25-,29-26-,30-27-,37-34-,38-35-,39-36-,45-43-,46-44-,64-59-. The Balaban J connectivity index is 4.58. The number of esters is 3. The number of rotatable bonds is 99. The van der Waals surface area contributed by atoms with Crippen molar-refractivity contribution in [2.45, 2.75) is 489 Å². The number of unbranched alkanes of at least 4 members (excludes halogenated alkanes) is 52. The van der Waals surface area contributed by atoms with E-state index in [0.717, 1.165) is 128 Å². The molecule has 0 aliphatic rings. The molecule has 0 aliphatic carbocycles. The molecule has 0 aromatic rings. The molecule has 0 heterocycles. The van der Waals surface area contributed by atoms with E-state index in [9.17, 15) is 43.5 Å². The molecule has 18 heteroatoms. The van der Waals surface area contributed by atoms with Crippen molar-refractivity contribution in [3.05, 3.63) is 146 Å². The normalized spacial score (nSPS) is 14.2. The molecule has 0 rings (SSSR count). The summed E-state index contributed by atoms with van der Waals surface area (Å²) in [6.45, 7) is 2.68. The molecule has 0 radical (unpaired) electrons. The van der Waals surface area contributed by atoms with Crippen LogP contribution < -0.4 is 0 Å². The maximum Gasteiger partial charge on any atom is 0.472 e. The third-order valence-corrected chi connectivity index (χ3v) is 24.4. The van der Waals surface area contributed by atoms with Crippen molar-refractivity contribution in [3.8, 4) is 0 Å². The second-order valence-electron chi connectivity index (χ2n) is 35.0. The van der Waals surface area contributed by atoms with E-state index in [1.165, 1.54) is 283 Å². The summed E-state index contributed by atoms with van der Waals surface area (Å²) in [5.41, 5.74) is 0. The molecule has 0 fully saturated rings. The smallest absolute Gasteiger partial charge is 0.463 e. The molecule has 16 nitrogen and oxygen atoms in total. The number of phosphoric ester groups is 2. The zero-order chi connectivity index (χ0) is 92.1. The number of ether oxygens (including phenoxy) is 3. The maximum atomic E-state index is 13.1. The van der Waals surface area contributed by atoms with E-state index in [1.54, 1.807) is 0 Å². The number of hydrogen-bond donors (Lipinski definition) is 4. The minimum Gasteiger partial charge on any atom is -0.463 e. The average molecular weight is 1820 g/mol. The van der Waals surface area contributed by atoms with Gasteiger partial charge in [0.25, 0.3) is 0 Å². The lowest BCUT2D eigenvalue weighted by Crippen LogP contribution is -2.30. The van der Waals surface area contributed by atoms with Gasteiger partial charge in [0, 0.05) is 19.3 Å². The van der Waals surface area contributed by atoms with Crippen molar-refractivity contribution in [1.29, 1.82) is 0 Å². The minimum atomic E-state index is -4.95. The van der Waals surface area contributed by atoms with Crippen LogP contribution in [0.15, 0.2) is 146 Å². The first-order valence-electron chi connectivity index (χ1n) is 52.1. The largest absolute Gasteiger partial charge is 0.472 e. The number of hydrogen-bond acceptors (Lipinski definition) is 14. The highest BCUT2D eigenvalue weighted by molar-refractivity contribution is 7.47. The lowest BCUT2D eigenvalue weighted by atomic mass is 10.0. The summed E-state index contributed by atoms with van der Waals surface area (Å²) in [4.78, 5) is 59.2. The molecule has 5 unspecified atom stereocenters. The van der Waals surface area contributed by atoms with Gasteiger partial charge >= 0.3 is 33.6 Å². The van der Waals surface area contributed by atoms with Crippen molar-refractivity contribution < 1.29 is 75.8 Å². The number of aliphatic hydroxyl groups excluding tert-OH is 2. The Kier molecular flexibility index (Phi) is 96.8. The predicted octanol–water partition coefficient (Wildman–Crippen LogP) is 33.0. The predicted molar refractivity (Wildman–Crippen MR) is 537 cm³/mol. The van der Waals surface area contributed by atoms with E-state index in [1.807, 2.05) is 0 Å². The number of carbonyl (C=O) groups excluding carboxylic acids is 3. The van der Waals surface area contributed by atoms with Gasteiger partial charge in [-0.05, 0) is 154 Å². The molecule has 0 saturated heterocycles. The molecule has 5 atom stereocenters. The molecule has 734 valence electrons. The van der Waals surface area contributed by atoms with Crippen molar-refractivity contribution in [2.24, 2.45) is 0 Å². The zero-order valence-corrected chi connectivity index (χ0v) is 83.2. The van der Waals surface area contributed by atoms with Gasteiger partial charge < -0.3 is 34.2 Å². The third kappa shape index (κ3) is 102. The van der Waals surface area contributed by atoms with E-state index >= 15 is 0 Å². The van der Waals surface area contributed by atoms with Crippen molar-refractivity contribution in [1.82, 2.24) is 0 Å². The van der Waals surface area contributed by atoms with E-state index in [2.05, 4.69) is 167 Å². The Hall–Kier alpha value is -4.57. The molecule has 0 aromatic heterocycles. The zero-order valence-electron chi connectivity index (χ0n) is 81.4. The van der Waals surface area contributed by atoms with Gasteiger partial charge in [0.2, 0.25) is 0 Å². The van der Waals surface area contributed by atoms with Crippen LogP contribution in [-0.4, -0.2) is 95.9 Å². The lowest BCUT2D eigenvalue weighted by molar-refractivity contribution is -0.161. The van der Waals surface area contributed by atoms with Crippen LogP contribution in [0.5, 0.6) is 0 Å². The van der Waals surface area contributed by atoms with Crippen LogP contribution in [0.2, 0.25) is 0 Å². The molecule has 127 heavy (non-hydrogen) atoms. The van der Waals surface area contributed by atoms with Gasteiger partial charge in [-0.25, -0.2) is 9.13 Å². The number of carbonyl (C=O) groups is 3. The van der Waals surface area contributed by atoms with Crippen LogP contribution in [0.4, 0.5) is 0 Å². The van der Waals surface area contributed by atoms with Crippen molar-refractivity contribution in [2.75, 3.05) is 39.6 Å². The molecular formula is C109H192O16P2. The fourth-order valence-corrected chi connectivity index (χ4v) is 16.2. The van der Waals surface area contributed by atoms with Crippen LogP contribution >= 0.6 is 15.6 Å². The summed E-state index contributed by atoms with van der Waals surface area (Å²) in [7, 11) is -9.82. The number of phosphoric acid groups is 2. The quantitative estimate of drug-likeness (QED) is 0.0146. The summed E-state index contributed by atoms with van der Waals surface area (Å²) >= 11 is 0. The van der Waals surface area contributed by atoms with Gasteiger partial charge in [0.05, 0.1) is 26.4 Å². The fraction of sp³-hybridized carbons (Fsp3) is 0.752. The second-order valence-corrected chi connectivity index (χ2v) is 37.9. The Morgan fingerprint density at radius 3 is 0.622 bits per heavy atom. The van der Waals surface area contributed by atoms with Crippen LogP contribution in [0.1, 0.15) is 470 Å². The SMILES string of the molecule is CCCCC/C=C\C/C=C\C/C=C\C/C=C\CCCCCCCCCCCCCCCCCCCC(=O)OCC(O)COP(=O)(O)OCC(O)COP(=O)(O)OCC(COC(=O)CCCCCCCCCCCCCCCCCCC/C=C\C/C=C\C/C=C\C/C=C\CCCCC)OC(=O)CCCCCCCCCCC/C=C\C/C=C\C/C=C\C/C=C\CCCCC. The van der Waals surface area contributed by atoms with Crippen LogP contribution in [0.25, 0.3) is 0 Å². The van der Waals surface area contributed by atoms with Crippen molar-refractivity contribution in [3.63, 3.8) is 0 Å². The van der Waals surface area contributed by atoms with Gasteiger partial charge in [-0.1, -0.05) is 443 Å². The molecule has 0 aliphatic heterocycles. The summed E-state index contributed by atoms with van der Waals surface area (Å²) in [6.07, 6.45) is 129. The summed E-state index contributed by atoms with van der Waals surface area (Å²) in [6, 6.07) is 0. The number of allylic oxidation sites excluding steroid dienone is 24. The summed E-state index contributed by atoms with van der Waals surface area (Å²) in [5, 5.41) is 20.8. The van der Waals surface area contributed by atoms with Gasteiger partial charge in [-0.3, -0.25) is 32.5 Å².